The molecule has 1 N–H and O–H groups in total. The number of thiocarbonyl (C=S) groups is 1. The fraction of sp³-hybridized carbons (Fsp3) is 0.412. The van der Waals surface area contributed by atoms with Crippen molar-refractivity contribution in [1.82, 2.24) is 10.2 Å². The minimum Gasteiger partial charge on any atom is -0.454 e. The summed E-state index contributed by atoms with van der Waals surface area (Å²) in [4.78, 5) is 30.4. The van der Waals surface area contributed by atoms with E-state index in [1.54, 1.807) is 0 Å². The maximum absolute atomic E-state index is 12.6. The molecule has 2 atom stereocenters. The second-order valence-electron chi connectivity index (χ2n) is 5.91. The standard InChI is InChI=1S/C17H19N3O4S/c1-3-10(2)20-16(22)12(15(21)19-17(20)25)8-18-7-11-4-5-13-14(6-11)24-9-23-13/h4-6,8,10,12H,3,7,9H2,1-2H3,(H,19,21,25)/t10-,12-/m0/s1. The first-order valence-corrected chi connectivity index (χ1v) is 8.48. The number of ether oxygens (including phenoxy) is 2. The summed E-state index contributed by atoms with van der Waals surface area (Å²) in [6, 6.07) is 5.44. The molecule has 2 aliphatic heterocycles. The summed E-state index contributed by atoms with van der Waals surface area (Å²) in [5, 5.41) is 2.73. The van der Waals surface area contributed by atoms with Crippen molar-refractivity contribution < 1.29 is 19.1 Å². The molecule has 0 saturated carbocycles. The highest BCUT2D eigenvalue weighted by molar-refractivity contribution is 7.80. The monoisotopic (exact) mass is 361 g/mol. The van der Waals surface area contributed by atoms with Crippen LogP contribution in [0.1, 0.15) is 25.8 Å². The molecule has 0 spiro atoms. The molecule has 7 nitrogen and oxygen atoms in total. The van der Waals surface area contributed by atoms with Crippen LogP contribution in [0.2, 0.25) is 0 Å². The van der Waals surface area contributed by atoms with Gasteiger partial charge in [0.2, 0.25) is 18.6 Å². The molecule has 1 aromatic carbocycles. The lowest BCUT2D eigenvalue weighted by Crippen LogP contribution is -2.60. The van der Waals surface area contributed by atoms with Crippen LogP contribution in [-0.4, -0.2) is 40.9 Å². The van der Waals surface area contributed by atoms with Gasteiger partial charge in [0.1, 0.15) is 0 Å². The summed E-state index contributed by atoms with van der Waals surface area (Å²) in [7, 11) is 0. The van der Waals surface area contributed by atoms with Gasteiger partial charge in [0.05, 0.1) is 6.54 Å². The maximum atomic E-state index is 12.6. The molecular weight excluding hydrogens is 342 g/mol. The van der Waals surface area contributed by atoms with Crippen LogP contribution < -0.4 is 14.8 Å². The number of carbonyl (C=O) groups excluding carboxylic acids is 2. The van der Waals surface area contributed by atoms with Gasteiger partial charge in [0.15, 0.2) is 22.5 Å². The number of hydrogen-bond acceptors (Lipinski definition) is 6. The largest absolute Gasteiger partial charge is 0.454 e. The van der Waals surface area contributed by atoms with Crippen LogP contribution in [0, 0.1) is 5.92 Å². The SMILES string of the molecule is CC[C@H](C)N1C(=O)[C@@H](C=NCc2ccc3c(c2)OCO3)C(=O)NC1=S. The maximum Gasteiger partial charge on any atom is 0.247 e. The van der Waals surface area contributed by atoms with Crippen LogP contribution in [0.25, 0.3) is 0 Å². The highest BCUT2D eigenvalue weighted by Gasteiger charge is 2.39. The first-order valence-electron chi connectivity index (χ1n) is 8.07. The van der Waals surface area contributed by atoms with Crippen molar-refractivity contribution in [1.29, 1.82) is 0 Å². The number of rotatable bonds is 5. The van der Waals surface area contributed by atoms with Crippen molar-refractivity contribution >= 4 is 35.4 Å². The topological polar surface area (TPSA) is 80.2 Å². The average Bonchev–Trinajstić information content (AvgIpc) is 3.05. The molecule has 3 rings (SSSR count). The summed E-state index contributed by atoms with van der Waals surface area (Å²) in [5.74, 6) is -0.365. The number of amides is 2. The molecular formula is C17H19N3O4S. The number of fused-ring (bicyclic) bond motifs is 1. The predicted octanol–water partition coefficient (Wildman–Crippen LogP) is 1.64. The molecule has 1 saturated heterocycles. The van der Waals surface area contributed by atoms with Gasteiger partial charge in [-0.15, -0.1) is 0 Å². The molecule has 132 valence electrons. The third-order valence-corrected chi connectivity index (χ3v) is 4.53. The summed E-state index contributed by atoms with van der Waals surface area (Å²) in [6.45, 7) is 4.40. The number of nitrogens with zero attached hydrogens (tertiary/aromatic N) is 2. The number of aliphatic imine (C=N–C) groups is 1. The molecule has 8 heteroatoms. The zero-order chi connectivity index (χ0) is 18.0. The fourth-order valence-corrected chi connectivity index (χ4v) is 3.01. The van der Waals surface area contributed by atoms with E-state index in [9.17, 15) is 9.59 Å². The van der Waals surface area contributed by atoms with Gasteiger partial charge < -0.3 is 14.8 Å². The van der Waals surface area contributed by atoms with Crippen molar-refractivity contribution in [3.63, 3.8) is 0 Å². The lowest BCUT2D eigenvalue weighted by Gasteiger charge is -2.34. The van der Waals surface area contributed by atoms with Crippen LogP contribution in [0.15, 0.2) is 23.2 Å². The molecule has 0 aliphatic carbocycles. The van der Waals surface area contributed by atoms with E-state index in [-0.39, 0.29) is 23.9 Å². The normalized spacial score (nSPS) is 21.0. The van der Waals surface area contributed by atoms with Crippen molar-refractivity contribution in [3.8, 4) is 11.5 Å². The highest BCUT2D eigenvalue weighted by atomic mass is 32.1. The zero-order valence-electron chi connectivity index (χ0n) is 14.0. The highest BCUT2D eigenvalue weighted by Crippen LogP contribution is 2.32. The molecule has 25 heavy (non-hydrogen) atoms. The van der Waals surface area contributed by atoms with Crippen LogP contribution in [0.3, 0.4) is 0 Å². The Morgan fingerprint density at radius 2 is 2.16 bits per heavy atom. The average molecular weight is 361 g/mol. The van der Waals surface area contributed by atoms with Crippen LogP contribution in [0.5, 0.6) is 11.5 Å². The second-order valence-corrected chi connectivity index (χ2v) is 6.30. The molecule has 2 heterocycles. The zero-order valence-corrected chi connectivity index (χ0v) is 14.8. The third-order valence-electron chi connectivity index (χ3n) is 4.23. The smallest absolute Gasteiger partial charge is 0.247 e. The Bertz CT molecular complexity index is 749. The molecule has 0 unspecified atom stereocenters. The summed E-state index contributed by atoms with van der Waals surface area (Å²) in [6.07, 6.45) is 2.13. The van der Waals surface area contributed by atoms with E-state index >= 15 is 0 Å². The lowest BCUT2D eigenvalue weighted by molar-refractivity contribution is -0.139. The number of benzene rings is 1. The van der Waals surface area contributed by atoms with Crippen molar-refractivity contribution in [2.24, 2.45) is 10.9 Å². The molecule has 1 fully saturated rings. The quantitative estimate of drug-likeness (QED) is 0.490. The Kier molecular flexibility index (Phi) is 4.98. The minimum atomic E-state index is -0.963. The van der Waals surface area contributed by atoms with E-state index in [0.717, 1.165) is 12.0 Å². The minimum absolute atomic E-state index is 0.0784. The predicted molar refractivity (Wildman–Crippen MR) is 95.6 cm³/mol. The first-order chi connectivity index (χ1) is 12.0. The van der Waals surface area contributed by atoms with E-state index in [0.29, 0.717) is 18.0 Å². The Balaban J connectivity index is 1.70. The van der Waals surface area contributed by atoms with E-state index in [1.165, 1.54) is 11.1 Å². The lowest BCUT2D eigenvalue weighted by atomic mass is 10.0. The van der Waals surface area contributed by atoms with Crippen molar-refractivity contribution in [3.05, 3.63) is 23.8 Å². The van der Waals surface area contributed by atoms with E-state index in [1.807, 2.05) is 32.0 Å². The van der Waals surface area contributed by atoms with Crippen molar-refractivity contribution in [2.75, 3.05) is 6.79 Å². The van der Waals surface area contributed by atoms with Gasteiger partial charge in [0, 0.05) is 12.3 Å². The van der Waals surface area contributed by atoms with E-state index < -0.39 is 11.8 Å². The summed E-state index contributed by atoms with van der Waals surface area (Å²) in [5.41, 5.74) is 0.901. The van der Waals surface area contributed by atoms with E-state index in [2.05, 4.69) is 10.3 Å². The summed E-state index contributed by atoms with van der Waals surface area (Å²) < 4.78 is 10.6. The van der Waals surface area contributed by atoms with Crippen LogP contribution in [0.4, 0.5) is 0 Å². The van der Waals surface area contributed by atoms with Gasteiger partial charge in [-0.1, -0.05) is 13.0 Å². The van der Waals surface area contributed by atoms with Crippen LogP contribution >= 0.6 is 12.2 Å². The molecule has 0 aromatic heterocycles. The number of carbonyl (C=O) groups is 2. The Morgan fingerprint density at radius 3 is 2.92 bits per heavy atom. The number of hydrogen-bond donors (Lipinski definition) is 1. The Morgan fingerprint density at radius 1 is 1.40 bits per heavy atom. The molecule has 0 bridgehead atoms. The van der Waals surface area contributed by atoms with Gasteiger partial charge in [0.25, 0.3) is 0 Å². The van der Waals surface area contributed by atoms with Gasteiger partial charge in [-0.3, -0.25) is 19.5 Å². The van der Waals surface area contributed by atoms with Gasteiger partial charge in [-0.25, -0.2) is 0 Å². The molecule has 2 aliphatic rings. The second kappa shape index (κ2) is 7.18. The van der Waals surface area contributed by atoms with Crippen molar-refractivity contribution in [2.45, 2.75) is 32.9 Å². The summed E-state index contributed by atoms with van der Waals surface area (Å²) >= 11 is 5.11. The fourth-order valence-electron chi connectivity index (χ4n) is 2.64. The molecule has 2 amide bonds. The van der Waals surface area contributed by atoms with Crippen LogP contribution in [-0.2, 0) is 16.1 Å². The van der Waals surface area contributed by atoms with Gasteiger partial charge in [-0.05, 0) is 43.3 Å². The Hall–Kier alpha value is -2.48. The third kappa shape index (κ3) is 3.48. The van der Waals surface area contributed by atoms with Gasteiger partial charge in [-0.2, -0.15) is 0 Å². The first kappa shape index (κ1) is 17.3. The number of nitrogens with one attached hydrogen (secondary N) is 1. The van der Waals surface area contributed by atoms with Gasteiger partial charge >= 0.3 is 0 Å². The molecule has 0 radical (unpaired) electrons. The Labute approximate surface area is 151 Å². The van der Waals surface area contributed by atoms with E-state index in [4.69, 9.17) is 21.7 Å². The molecule has 1 aromatic rings.